The van der Waals surface area contributed by atoms with Crippen molar-refractivity contribution in [3.8, 4) is 5.75 Å². The normalized spacial score (nSPS) is 16.1. The molecule has 0 radical (unpaired) electrons. The van der Waals surface area contributed by atoms with Crippen molar-refractivity contribution in [1.82, 2.24) is 0 Å². The van der Waals surface area contributed by atoms with Crippen LogP contribution in [0.5, 0.6) is 5.75 Å². The molecule has 2 aromatic carbocycles. The minimum Gasteiger partial charge on any atom is -0.490 e. The van der Waals surface area contributed by atoms with Crippen LogP contribution >= 0.6 is 11.6 Å². The van der Waals surface area contributed by atoms with Crippen LogP contribution in [0.15, 0.2) is 41.3 Å². The van der Waals surface area contributed by atoms with Gasteiger partial charge in [-0.2, -0.15) is 0 Å². The Balaban J connectivity index is 1.96. The molecule has 0 spiro atoms. The largest absolute Gasteiger partial charge is 0.490 e. The van der Waals surface area contributed by atoms with Gasteiger partial charge < -0.3 is 9.64 Å². The first-order valence-electron chi connectivity index (χ1n) is 9.47. The maximum Gasteiger partial charge on any atom is 0.261 e. The van der Waals surface area contributed by atoms with Crippen molar-refractivity contribution < 1.29 is 22.3 Å². The van der Waals surface area contributed by atoms with Crippen molar-refractivity contribution in [2.75, 3.05) is 22.8 Å². The SMILES string of the molecule is CC(C)CN1C(=O)C(C)(C)COc2cc(NS(=O)(=O)c3ccc(F)c(Cl)c3)ccc21. The second kappa shape index (κ2) is 8.07. The number of ether oxygens (including phenoxy) is 1. The number of nitrogens with zero attached hydrogens (tertiary/aromatic N) is 1. The maximum atomic E-state index is 13.4. The number of benzene rings is 2. The molecule has 162 valence electrons. The zero-order valence-corrected chi connectivity index (χ0v) is 18.8. The third-order valence-electron chi connectivity index (χ3n) is 4.66. The lowest BCUT2D eigenvalue weighted by molar-refractivity contribution is -0.127. The highest BCUT2D eigenvalue weighted by atomic mass is 35.5. The van der Waals surface area contributed by atoms with Gasteiger partial charge in [0.25, 0.3) is 10.0 Å². The van der Waals surface area contributed by atoms with Gasteiger partial charge in [0.15, 0.2) is 0 Å². The number of sulfonamides is 1. The lowest BCUT2D eigenvalue weighted by atomic mass is 9.92. The molecule has 30 heavy (non-hydrogen) atoms. The van der Waals surface area contributed by atoms with Gasteiger partial charge in [0.2, 0.25) is 5.91 Å². The standard InChI is InChI=1S/C21H24ClFN2O4S/c1-13(2)11-25-18-8-5-14(9-19(18)29-12-21(3,4)20(25)26)24-30(27,28)15-6-7-17(23)16(22)10-15/h5-10,13,24H,11-12H2,1-4H3. The molecule has 0 bridgehead atoms. The fourth-order valence-corrected chi connectivity index (χ4v) is 4.44. The number of nitrogens with one attached hydrogen (secondary N) is 1. The van der Waals surface area contributed by atoms with Crippen LogP contribution in [0.1, 0.15) is 27.7 Å². The van der Waals surface area contributed by atoms with Crippen LogP contribution in [0.3, 0.4) is 0 Å². The van der Waals surface area contributed by atoms with Gasteiger partial charge in [0, 0.05) is 12.6 Å². The van der Waals surface area contributed by atoms with E-state index >= 15 is 0 Å². The number of amides is 1. The van der Waals surface area contributed by atoms with Crippen LogP contribution < -0.4 is 14.4 Å². The second-order valence-corrected chi connectivity index (χ2v) is 10.4. The summed E-state index contributed by atoms with van der Waals surface area (Å²) in [5, 5.41) is -0.284. The summed E-state index contributed by atoms with van der Waals surface area (Å²) in [5.41, 5.74) is 0.122. The molecular weight excluding hydrogens is 431 g/mol. The van der Waals surface area contributed by atoms with E-state index in [0.29, 0.717) is 18.0 Å². The first kappa shape index (κ1) is 22.4. The molecule has 1 amide bonds. The summed E-state index contributed by atoms with van der Waals surface area (Å²) < 4.78 is 47.0. The maximum absolute atomic E-state index is 13.4. The molecule has 9 heteroatoms. The second-order valence-electron chi connectivity index (χ2n) is 8.35. The van der Waals surface area contributed by atoms with Crippen molar-refractivity contribution in [3.63, 3.8) is 0 Å². The van der Waals surface area contributed by atoms with E-state index in [4.69, 9.17) is 16.3 Å². The van der Waals surface area contributed by atoms with Crippen LogP contribution in [0.4, 0.5) is 15.8 Å². The minimum absolute atomic E-state index is 0.0516. The highest BCUT2D eigenvalue weighted by molar-refractivity contribution is 7.92. The number of hydrogen-bond donors (Lipinski definition) is 1. The Hall–Kier alpha value is -2.32. The summed E-state index contributed by atoms with van der Waals surface area (Å²) >= 11 is 5.71. The lowest BCUT2D eigenvalue weighted by Gasteiger charge is -2.29. The minimum atomic E-state index is -3.99. The fourth-order valence-electron chi connectivity index (χ4n) is 3.12. The third kappa shape index (κ3) is 4.54. The molecule has 0 unspecified atom stereocenters. The van der Waals surface area contributed by atoms with E-state index in [1.165, 1.54) is 0 Å². The highest BCUT2D eigenvalue weighted by Crippen LogP contribution is 2.39. The molecule has 1 aliphatic rings. The van der Waals surface area contributed by atoms with E-state index in [9.17, 15) is 17.6 Å². The van der Waals surface area contributed by atoms with Gasteiger partial charge in [-0.1, -0.05) is 25.4 Å². The van der Waals surface area contributed by atoms with E-state index in [1.54, 1.807) is 23.1 Å². The first-order chi connectivity index (χ1) is 13.9. The molecule has 0 saturated heterocycles. The summed E-state index contributed by atoms with van der Waals surface area (Å²) in [4.78, 5) is 14.5. The Kier molecular flexibility index (Phi) is 6.02. The zero-order valence-electron chi connectivity index (χ0n) is 17.2. The summed E-state index contributed by atoms with van der Waals surface area (Å²) in [6.45, 7) is 8.34. The molecule has 3 rings (SSSR count). The molecular formula is C21H24ClFN2O4S. The molecule has 1 aliphatic heterocycles. The topological polar surface area (TPSA) is 75.7 Å². The summed E-state index contributed by atoms with van der Waals surface area (Å²) in [6, 6.07) is 7.94. The third-order valence-corrected chi connectivity index (χ3v) is 6.33. The monoisotopic (exact) mass is 454 g/mol. The summed E-state index contributed by atoms with van der Waals surface area (Å²) in [6.07, 6.45) is 0. The van der Waals surface area contributed by atoms with E-state index < -0.39 is 21.3 Å². The molecule has 0 atom stereocenters. The van der Waals surface area contributed by atoms with Gasteiger partial charge in [-0.05, 0) is 50.1 Å². The van der Waals surface area contributed by atoms with Gasteiger partial charge in [-0.25, -0.2) is 12.8 Å². The Morgan fingerprint density at radius 1 is 1.23 bits per heavy atom. The number of carbonyl (C=O) groups excluding carboxylic acids is 1. The van der Waals surface area contributed by atoms with Crippen molar-refractivity contribution in [2.24, 2.45) is 11.3 Å². The van der Waals surface area contributed by atoms with Gasteiger partial charge in [0.1, 0.15) is 18.2 Å². The fraction of sp³-hybridized carbons (Fsp3) is 0.381. The number of rotatable bonds is 5. The van der Waals surface area contributed by atoms with Crippen LogP contribution in [-0.2, 0) is 14.8 Å². The number of carbonyl (C=O) groups is 1. The number of fused-ring (bicyclic) bond motifs is 1. The average Bonchev–Trinajstić information content (AvgIpc) is 2.73. The average molecular weight is 455 g/mol. The van der Waals surface area contributed by atoms with Gasteiger partial charge in [0.05, 0.1) is 26.7 Å². The van der Waals surface area contributed by atoms with Gasteiger partial charge in [-0.3, -0.25) is 9.52 Å². The zero-order chi connectivity index (χ0) is 22.3. The molecule has 0 aromatic heterocycles. The Morgan fingerprint density at radius 2 is 1.93 bits per heavy atom. The summed E-state index contributed by atoms with van der Waals surface area (Å²) in [5.74, 6) is -0.111. The van der Waals surface area contributed by atoms with Crippen LogP contribution in [-0.4, -0.2) is 27.5 Å². The van der Waals surface area contributed by atoms with Crippen molar-refractivity contribution in [1.29, 1.82) is 0 Å². The van der Waals surface area contributed by atoms with Crippen LogP contribution in [0.25, 0.3) is 0 Å². The molecule has 0 saturated carbocycles. The molecule has 2 aromatic rings. The smallest absolute Gasteiger partial charge is 0.261 e. The molecule has 6 nitrogen and oxygen atoms in total. The van der Waals surface area contributed by atoms with Crippen LogP contribution in [0.2, 0.25) is 5.02 Å². The lowest BCUT2D eigenvalue weighted by Crippen LogP contribution is -2.43. The Morgan fingerprint density at radius 3 is 2.57 bits per heavy atom. The first-order valence-corrected chi connectivity index (χ1v) is 11.3. The van der Waals surface area contributed by atoms with Crippen molar-refractivity contribution in [2.45, 2.75) is 32.6 Å². The van der Waals surface area contributed by atoms with Crippen molar-refractivity contribution in [3.05, 3.63) is 47.2 Å². The summed E-state index contributed by atoms with van der Waals surface area (Å²) in [7, 11) is -3.99. The van der Waals surface area contributed by atoms with Crippen molar-refractivity contribution >= 4 is 38.9 Å². The van der Waals surface area contributed by atoms with Crippen LogP contribution in [0, 0.1) is 17.2 Å². The molecule has 0 aliphatic carbocycles. The molecule has 0 fully saturated rings. The number of anilines is 2. The van der Waals surface area contributed by atoms with Gasteiger partial charge in [-0.15, -0.1) is 0 Å². The van der Waals surface area contributed by atoms with E-state index in [1.807, 2.05) is 27.7 Å². The quantitative estimate of drug-likeness (QED) is 0.711. The van der Waals surface area contributed by atoms with E-state index in [2.05, 4.69) is 4.72 Å². The predicted molar refractivity (Wildman–Crippen MR) is 115 cm³/mol. The van der Waals surface area contributed by atoms with Gasteiger partial charge >= 0.3 is 0 Å². The highest BCUT2D eigenvalue weighted by Gasteiger charge is 2.38. The Labute approximate surface area is 181 Å². The molecule has 1 heterocycles. The molecule has 1 N–H and O–H groups in total. The Bertz CT molecular complexity index is 1090. The van der Waals surface area contributed by atoms with E-state index in [-0.39, 0.29) is 34.0 Å². The number of halogens is 2. The number of hydrogen-bond acceptors (Lipinski definition) is 4. The van der Waals surface area contributed by atoms with E-state index in [0.717, 1.165) is 18.2 Å². The predicted octanol–water partition coefficient (Wildman–Crippen LogP) is 4.69.